The van der Waals surface area contributed by atoms with E-state index < -0.39 is 0 Å². The Balaban J connectivity index is 1.52. The first-order chi connectivity index (χ1) is 14.7. The van der Waals surface area contributed by atoms with E-state index in [-0.39, 0.29) is 6.10 Å². The fourth-order valence-corrected chi connectivity index (χ4v) is 4.65. The van der Waals surface area contributed by atoms with Gasteiger partial charge in [0, 0.05) is 37.3 Å². The molecule has 6 nitrogen and oxygen atoms in total. The van der Waals surface area contributed by atoms with Crippen molar-refractivity contribution >= 4 is 17.6 Å². The second-order valence-corrected chi connectivity index (χ2v) is 8.68. The molecule has 0 aromatic heterocycles. The summed E-state index contributed by atoms with van der Waals surface area (Å²) in [5, 5.41) is 7.55. The molecule has 0 amide bonds. The highest BCUT2D eigenvalue weighted by molar-refractivity contribution is 6.30. The third-order valence-corrected chi connectivity index (χ3v) is 6.13. The molecule has 3 unspecified atom stereocenters. The summed E-state index contributed by atoms with van der Waals surface area (Å²) in [5.74, 6) is 1.32. The minimum absolute atomic E-state index is 0.276. The van der Waals surface area contributed by atoms with Crippen LogP contribution in [0.2, 0.25) is 5.02 Å². The molecule has 0 spiro atoms. The normalized spacial score (nSPS) is 25.4. The molecule has 2 heterocycles. The number of guanidine groups is 1. The standard InChI is InChI=1S/C23H37ClN4O2/c1-3-25-23(26-11-14-29-17-21-10-6-13-30-21)27-16-19-8-5-12-28(2)22(19)18-7-4-9-20(24)15-18/h4,7,9,15,19,21-22H,3,5-6,8,10-14,16-17H2,1-2H3,(H2,25,26,27). The molecular formula is C23H37ClN4O2. The Kier molecular flexibility index (Phi) is 9.72. The predicted molar refractivity (Wildman–Crippen MR) is 123 cm³/mol. The maximum Gasteiger partial charge on any atom is 0.191 e. The average Bonchev–Trinajstić information content (AvgIpc) is 3.25. The van der Waals surface area contributed by atoms with Gasteiger partial charge in [-0.3, -0.25) is 9.89 Å². The monoisotopic (exact) mass is 436 g/mol. The number of benzene rings is 1. The van der Waals surface area contributed by atoms with Crippen molar-refractivity contribution in [3.05, 3.63) is 34.9 Å². The summed E-state index contributed by atoms with van der Waals surface area (Å²) in [6, 6.07) is 8.61. The van der Waals surface area contributed by atoms with Gasteiger partial charge < -0.3 is 20.1 Å². The molecule has 0 bridgehead atoms. The van der Waals surface area contributed by atoms with Gasteiger partial charge in [0.25, 0.3) is 0 Å². The molecule has 3 atom stereocenters. The molecule has 0 aliphatic carbocycles. The second-order valence-electron chi connectivity index (χ2n) is 8.24. The highest BCUT2D eigenvalue weighted by atomic mass is 35.5. The van der Waals surface area contributed by atoms with Gasteiger partial charge in [0.1, 0.15) is 0 Å². The minimum atomic E-state index is 0.276. The molecule has 2 saturated heterocycles. The van der Waals surface area contributed by atoms with Crippen molar-refractivity contribution in [3.8, 4) is 0 Å². The van der Waals surface area contributed by atoms with E-state index in [0.717, 1.165) is 56.6 Å². The Labute approximate surface area is 186 Å². The number of nitrogens with one attached hydrogen (secondary N) is 2. The molecule has 2 aliphatic heterocycles. The lowest BCUT2D eigenvalue weighted by atomic mass is 9.85. The van der Waals surface area contributed by atoms with Crippen LogP contribution in [0.4, 0.5) is 0 Å². The number of ether oxygens (including phenoxy) is 2. The van der Waals surface area contributed by atoms with Crippen LogP contribution >= 0.6 is 11.6 Å². The smallest absolute Gasteiger partial charge is 0.191 e. The molecule has 0 saturated carbocycles. The van der Waals surface area contributed by atoms with Gasteiger partial charge in [-0.05, 0) is 69.8 Å². The Morgan fingerprint density at radius 2 is 2.20 bits per heavy atom. The summed E-state index contributed by atoms with van der Waals surface area (Å²) in [4.78, 5) is 7.34. The van der Waals surface area contributed by atoms with Crippen molar-refractivity contribution in [3.63, 3.8) is 0 Å². The van der Waals surface area contributed by atoms with Crippen LogP contribution in [0, 0.1) is 5.92 Å². The van der Waals surface area contributed by atoms with Crippen molar-refractivity contribution in [1.29, 1.82) is 0 Å². The van der Waals surface area contributed by atoms with E-state index in [1.54, 1.807) is 0 Å². The molecule has 7 heteroatoms. The third-order valence-electron chi connectivity index (χ3n) is 5.89. The third kappa shape index (κ3) is 7.12. The number of hydrogen-bond donors (Lipinski definition) is 2. The lowest BCUT2D eigenvalue weighted by Crippen LogP contribution is -2.41. The van der Waals surface area contributed by atoms with Gasteiger partial charge in [-0.2, -0.15) is 0 Å². The summed E-state index contributed by atoms with van der Waals surface area (Å²) < 4.78 is 11.3. The van der Waals surface area contributed by atoms with Crippen LogP contribution in [0.15, 0.2) is 29.3 Å². The first kappa shape index (κ1) is 23.3. The number of halogens is 1. The highest BCUT2D eigenvalue weighted by Crippen LogP contribution is 2.36. The van der Waals surface area contributed by atoms with Crippen LogP contribution < -0.4 is 10.6 Å². The van der Waals surface area contributed by atoms with Crippen LogP contribution in [-0.4, -0.2) is 70.0 Å². The topological polar surface area (TPSA) is 58.1 Å². The highest BCUT2D eigenvalue weighted by Gasteiger charge is 2.30. The first-order valence-electron chi connectivity index (χ1n) is 11.3. The zero-order valence-electron chi connectivity index (χ0n) is 18.4. The minimum Gasteiger partial charge on any atom is -0.377 e. The van der Waals surface area contributed by atoms with Crippen molar-refractivity contribution in [2.45, 2.75) is 44.8 Å². The van der Waals surface area contributed by atoms with Crippen LogP contribution in [0.25, 0.3) is 0 Å². The van der Waals surface area contributed by atoms with Crippen LogP contribution in [0.1, 0.15) is 44.2 Å². The summed E-state index contributed by atoms with van der Waals surface area (Å²) >= 11 is 6.27. The van der Waals surface area contributed by atoms with Crippen LogP contribution in [0.3, 0.4) is 0 Å². The zero-order valence-corrected chi connectivity index (χ0v) is 19.2. The van der Waals surface area contributed by atoms with E-state index in [1.165, 1.54) is 18.4 Å². The summed E-state index contributed by atoms with van der Waals surface area (Å²) in [6.45, 7) is 7.77. The van der Waals surface area contributed by atoms with E-state index in [4.69, 9.17) is 26.1 Å². The first-order valence-corrected chi connectivity index (χ1v) is 11.7. The number of likely N-dealkylation sites (tertiary alicyclic amines) is 1. The van der Waals surface area contributed by atoms with Gasteiger partial charge in [-0.25, -0.2) is 0 Å². The Bertz CT molecular complexity index is 666. The number of aliphatic imine (C=N–C) groups is 1. The van der Waals surface area contributed by atoms with Gasteiger partial charge in [-0.1, -0.05) is 23.7 Å². The SMILES string of the molecule is CCNC(=NCC1CCCN(C)C1c1cccc(Cl)c1)NCCOCC1CCCO1. The molecule has 0 radical (unpaired) electrons. The molecule has 30 heavy (non-hydrogen) atoms. The number of nitrogens with zero attached hydrogens (tertiary/aromatic N) is 2. The number of piperidine rings is 1. The van der Waals surface area contributed by atoms with Gasteiger partial charge >= 0.3 is 0 Å². The molecular weight excluding hydrogens is 400 g/mol. The molecule has 2 fully saturated rings. The summed E-state index contributed by atoms with van der Waals surface area (Å²) in [5.41, 5.74) is 1.28. The Morgan fingerprint density at radius 3 is 2.97 bits per heavy atom. The molecule has 1 aromatic rings. The van der Waals surface area contributed by atoms with Crippen molar-refractivity contribution in [2.75, 3.05) is 53.0 Å². The lowest BCUT2D eigenvalue weighted by Gasteiger charge is -2.39. The maximum atomic E-state index is 6.27. The van der Waals surface area contributed by atoms with E-state index in [1.807, 2.05) is 12.1 Å². The largest absolute Gasteiger partial charge is 0.377 e. The molecule has 1 aromatic carbocycles. The molecule has 2 N–H and O–H groups in total. The summed E-state index contributed by atoms with van der Waals surface area (Å²) in [6.07, 6.45) is 4.92. The van der Waals surface area contributed by atoms with E-state index in [2.05, 4.69) is 41.6 Å². The lowest BCUT2D eigenvalue weighted by molar-refractivity contribution is 0.0191. The molecule has 3 rings (SSSR count). The van der Waals surface area contributed by atoms with E-state index in [9.17, 15) is 0 Å². The zero-order chi connectivity index (χ0) is 21.2. The number of hydrogen-bond acceptors (Lipinski definition) is 4. The van der Waals surface area contributed by atoms with Crippen LogP contribution in [-0.2, 0) is 9.47 Å². The molecule has 168 valence electrons. The molecule has 2 aliphatic rings. The van der Waals surface area contributed by atoms with Crippen LogP contribution in [0.5, 0.6) is 0 Å². The van der Waals surface area contributed by atoms with Crippen molar-refractivity contribution in [2.24, 2.45) is 10.9 Å². The number of rotatable bonds is 9. The second kappa shape index (κ2) is 12.5. The average molecular weight is 437 g/mol. The maximum absolute atomic E-state index is 6.27. The Hall–Kier alpha value is -1.34. The van der Waals surface area contributed by atoms with E-state index >= 15 is 0 Å². The Morgan fingerprint density at radius 1 is 1.30 bits per heavy atom. The van der Waals surface area contributed by atoms with Crippen molar-refractivity contribution in [1.82, 2.24) is 15.5 Å². The quantitative estimate of drug-likeness (QED) is 0.352. The van der Waals surface area contributed by atoms with Crippen molar-refractivity contribution < 1.29 is 9.47 Å². The van der Waals surface area contributed by atoms with E-state index in [0.29, 0.717) is 25.2 Å². The van der Waals surface area contributed by atoms with Gasteiger partial charge in [0.15, 0.2) is 5.96 Å². The van der Waals surface area contributed by atoms with Gasteiger partial charge in [0.2, 0.25) is 0 Å². The van der Waals surface area contributed by atoms with Gasteiger partial charge in [-0.15, -0.1) is 0 Å². The fraction of sp³-hybridized carbons (Fsp3) is 0.696. The predicted octanol–water partition coefficient (Wildman–Crippen LogP) is 3.47. The summed E-state index contributed by atoms with van der Waals surface area (Å²) in [7, 11) is 2.20. The van der Waals surface area contributed by atoms with Gasteiger partial charge in [0.05, 0.1) is 19.3 Å². The fourth-order valence-electron chi connectivity index (χ4n) is 4.45.